The van der Waals surface area contributed by atoms with Gasteiger partial charge in [0.15, 0.2) is 0 Å². The average molecular weight is 150 g/mol. The van der Waals surface area contributed by atoms with Gasteiger partial charge in [-0.1, -0.05) is 13.8 Å². The van der Waals surface area contributed by atoms with Crippen molar-refractivity contribution in [3.05, 3.63) is 0 Å². The third-order valence-electron chi connectivity index (χ3n) is 3.96. The highest BCUT2D eigenvalue weighted by molar-refractivity contribution is 5.20. The van der Waals surface area contributed by atoms with Gasteiger partial charge in [-0.3, -0.25) is 0 Å². The summed E-state index contributed by atoms with van der Waals surface area (Å²) in [5.41, 5.74) is 1.02. The summed E-state index contributed by atoms with van der Waals surface area (Å²) >= 11 is 0. The van der Waals surface area contributed by atoms with Crippen LogP contribution in [0, 0.1) is 10.8 Å². The number of fused-ring (bicyclic) bond motifs is 3. The molecule has 2 fully saturated rings. The summed E-state index contributed by atoms with van der Waals surface area (Å²) in [6.07, 6.45) is 4.15. The van der Waals surface area contributed by atoms with E-state index in [9.17, 15) is 0 Å². The number of nitrogens with zero attached hydrogens (tertiary/aromatic N) is 2. The Morgan fingerprint density at radius 3 is 2.18 bits per heavy atom. The highest BCUT2D eigenvalue weighted by Gasteiger charge is 2.66. The van der Waals surface area contributed by atoms with E-state index in [1.807, 2.05) is 0 Å². The Balaban J connectivity index is 2.08. The summed E-state index contributed by atoms with van der Waals surface area (Å²) in [5.74, 6) is 0. The van der Waals surface area contributed by atoms with Crippen molar-refractivity contribution in [2.75, 3.05) is 0 Å². The van der Waals surface area contributed by atoms with Crippen LogP contribution in [0.25, 0.3) is 0 Å². The molecule has 2 unspecified atom stereocenters. The van der Waals surface area contributed by atoms with Crippen LogP contribution in [0.15, 0.2) is 10.2 Å². The molecular formula is C9H14N2. The highest BCUT2D eigenvalue weighted by Crippen LogP contribution is 2.67. The molecule has 11 heavy (non-hydrogen) atoms. The molecule has 2 saturated carbocycles. The van der Waals surface area contributed by atoms with Crippen LogP contribution in [-0.2, 0) is 0 Å². The summed E-state index contributed by atoms with van der Waals surface area (Å²) in [6.45, 7) is 4.66. The standard InChI is InChI=1S/C9H14N2/c1-8(2)6-5-9(3-4-9)7(8)11-10-6/h6-7H,3-5H2,1-2H3. The van der Waals surface area contributed by atoms with Crippen LogP contribution in [0.2, 0.25) is 0 Å². The number of rotatable bonds is 0. The van der Waals surface area contributed by atoms with E-state index in [1.54, 1.807) is 0 Å². The third-order valence-corrected chi connectivity index (χ3v) is 3.96. The fraction of sp³-hybridized carbons (Fsp3) is 1.00. The molecule has 0 saturated heterocycles. The minimum Gasteiger partial charge on any atom is -0.190 e. The van der Waals surface area contributed by atoms with E-state index in [0.717, 1.165) is 0 Å². The zero-order valence-corrected chi connectivity index (χ0v) is 7.17. The molecular weight excluding hydrogens is 136 g/mol. The van der Waals surface area contributed by atoms with E-state index in [0.29, 0.717) is 22.9 Å². The Kier molecular flexibility index (Phi) is 0.778. The molecule has 1 spiro atoms. The normalized spacial score (nSPS) is 47.1. The fourth-order valence-corrected chi connectivity index (χ4v) is 2.98. The topological polar surface area (TPSA) is 24.7 Å². The van der Waals surface area contributed by atoms with Crippen LogP contribution in [0.4, 0.5) is 0 Å². The van der Waals surface area contributed by atoms with Gasteiger partial charge >= 0.3 is 0 Å². The molecule has 3 aliphatic rings. The predicted octanol–water partition coefficient (Wildman–Crippen LogP) is 2.40. The lowest BCUT2D eigenvalue weighted by molar-refractivity contribution is 0.310. The van der Waals surface area contributed by atoms with Gasteiger partial charge in [-0.05, 0) is 24.7 Å². The molecule has 2 bridgehead atoms. The first-order valence-electron chi connectivity index (χ1n) is 4.55. The largest absolute Gasteiger partial charge is 0.190 e. The van der Waals surface area contributed by atoms with E-state index in [4.69, 9.17) is 0 Å². The Bertz CT molecular complexity index is 238. The molecule has 0 aromatic heterocycles. The van der Waals surface area contributed by atoms with Gasteiger partial charge in [-0.2, -0.15) is 10.2 Å². The maximum atomic E-state index is 4.40. The molecule has 0 aromatic rings. The zero-order valence-electron chi connectivity index (χ0n) is 7.17. The zero-order chi connectivity index (χ0) is 7.69. The molecule has 1 heterocycles. The second-order valence-corrected chi connectivity index (χ2v) is 5.04. The lowest BCUT2D eigenvalue weighted by atomic mass is 9.83. The minimum absolute atomic E-state index is 0.385. The van der Waals surface area contributed by atoms with Gasteiger partial charge in [0.25, 0.3) is 0 Å². The van der Waals surface area contributed by atoms with Gasteiger partial charge in [0.05, 0.1) is 12.1 Å². The fourth-order valence-electron chi connectivity index (χ4n) is 2.98. The van der Waals surface area contributed by atoms with Crippen LogP contribution in [0.5, 0.6) is 0 Å². The van der Waals surface area contributed by atoms with Gasteiger partial charge in [-0.25, -0.2) is 0 Å². The molecule has 1 aliphatic heterocycles. The molecule has 0 radical (unpaired) electrons. The summed E-state index contributed by atoms with van der Waals surface area (Å²) in [5, 5.41) is 8.71. The quantitative estimate of drug-likeness (QED) is 0.506. The summed E-state index contributed by atoms with van der Waals surface area (Å²) in [6, 6.07) is 1.12. The molecule has 0 amide bonds. The Morgan fingerprint density at radius 2 is 1.91 bits per heavy atom. The van der Waals surface area contributed by atoms with Crippen LogP contribution >= 0.6 is 0 Å². The first-order valence-corrected chi connectivity index (χ1v) is 4.55. The van der Waals surface area contributed by atoms with Crippen LogP contribution in [-0.4, -0.2) is 12.1 Å². The van der Waals surface area contributed by atoms with Crippen molar-refractivity contribution in [2.24, 2.45) is 21.1 Å². The minimum atomic E-state index is 0.385. The number of azo groups is 1. The van der Waals surface area contributed by atoms with Gasteiger partial charge < -0.3 is 0 Å². The van der Waals surface area contributed by atoms with Gasteiger partial charge in [-0.15, -0.1) is 0 Å². The van der Waals surface area contributed by atoms with Crippen molar-refractivity contribution in [1.82, 2.24) is 0 Å². The second-order valence-electron chi connectivity index (χ2n) is 5.04. The predicted molar refractivity (Wildman–Crippen MR) is 42.5 cm³/mol. The number of hydrogen-bond donors (Lipinski definition) is 0. The maximum Gasteiger partial charge on any atom is 0.0837 e. The van der Waals surface area contributed by atoms with Gasteiger partial charge in [0, 0.05) is 5.41 Å². The summed E-state index contributed by atoms with van der Waals surface area (Å²) in [7, 11) is 0. The molecule has 2 nitrogen and oxygen atoms in total. The summed E-state index contributed by atoms with van der Waals surface area (Å²) in [4.78, 5) is 0. The first kappa shape index (κ1) is 6.15. The Morgan fingerprint density at radius 1 is 1.18 bits per heavy atom. The molecule has 2 atom stereocenters. The van der Waals surface area contributed by atoms with E-state index in [1.165, 1.54) is 19.3 Å². The van der Waals surface area contributed by atoms with E-state index >= 15 is 0 Å². The first-order chi connectivity index (χ1) is 5.15. The van der Waals surface area contributed by atoms with Crippen LogP contribution in [0.3, 0.4) is 0 Å². The Hall–Kier alpha value is -0.400. The molecule has 0 aromatic carbocycles. The monoisotopic (exact) mass is 150 g/mol. The van der Waals surface area contributed by atoms with Crippen molar-refractivity contribution >= 4 is 0 Å². The summed E-state index contributed by atoms with van der Waals surface area (Å²) < 4.78 is 0. The van der Waals surface area contributed by atoms with Gasteiger partial charge in [0.2, 0.25) is 0 Å². The van der Waals surface area contributed by atoms with Crippen molar-refractivity contribution < 1.29 is 0 Å². The maximum absolute atomic E-state index is 4.40. The Labute approximate surface area is 67.1 Å². The lowest BCUT2D eigenvalue weighted by Gasteiger charge is -2.22. The van der Waals surface area contributed by atoms with Crippen molar-refractivity contribution in [3.63, 3.8) is 0 Å². The molecule has 0 N–H and O–H groups in total. The third kappa shape index (κ3) is 0.522. The van der Waals surface area contributed by atoms with Crippen LogP contribution < -0.4 is 0 Å². The van der Waals surface area contributed by atoms with Crippen LogP contribution in [0.1, 0.15) is 33.1 Å². The molecule has 2 heteroatoms. The number of hydrogen-bond acceptors (Lipinski definition) is 2. The van der Waals surface area contributed by atoms with E-state index in [-0.39, 0.29) is 0 Å². The van der Waals surface area contributed by atoms with E-state index < -0.39 is 0 Å². The van der Waals surface area contributed by atoms with Crippen molar-refractivity contribution in [3.8, 4) is 0 Å². The van der Waals surface area contributed by atoms with E-state index in [2.05, 4.69) is 24.1 Å². The smallest absolute Gasteiger partial charge is 0.0837 e. The average Bonchev–Trinajstić information content (AvgIpc) is 2.58. The second kappa shape index (κ2) is 1.39. The van der Waals surface area contributed by atoms with Crippen molar-refractivity contribution in [2.45, 2.75) is 45.2 Å². The molecule has 3 rings (SSSR count). The highest BCUT2D eigenvalue weighted by atomic mass is 15.2. The lowest BCUT2D eigenvalue weighted by Crippen LogP contribution is -2.27. The SMILES string of the molecule is CC1(C)C2CC3(CC3)C1N=N2. The van der Waals surface area contributed by atoms with Crippen molar-refractivity contribution in [1.29, 1.82) is 0 Å². The molecule has 60 valence electrons. The molecule has 2 aliphatic carbocycles. The van der Waals surface area contributed by atoms with Gasteiger partial charge in [0.1, 0.15) is 0 Å².